The van der Waals surface area contributed by atoms with Gasteiger partial charge in [0, 0.05) is 49.4 Å². The fourth-order valence-corrected chi connectivity index (χ4v) is 13.5. The van der Waals surface area contributed by atoms with E-state index in [1.165, 1.54) is 71.3 Å². The Bertz CT molecular complexity index is 4870. The van der Waals surface area contributed by atoms with Crippen LogP contribution in [0.4, 0.5) is 34.1 Å². The molecule has 13 aromatic carbocycles. The van der Waals surface area contributed by atoms with Crippen molar-refractivity contribution >= 4 is 110 Å². The highest BCUT2D eigenvalue weighted by atomic mass is 16.3. The van der Waals surface area contributed by atoms with Gasteiger partial charge < -0.3 is 18.6 Å². The zero-order valence-corrected chi connectivity index (χ0v) is 43.4. The lowest BCUT2D eigenvalue weighted by atomic mass is 9.69. The Morgan fingerprint density at radius 3 is 1.42 bits per heavy atom. The Hall–Kier alpha value is -10.2. The highest BCUT2D eigenvalue weighted by Crippen LogP contribution is 2.57. The minimum atomic E-state index is -0.498. The van der Waals surface area contributed by atoms with Crippen LogP contribution in [0.15, 0.2) is 282 Å². The standard InChI is InChI=1S/C75H50N2O2/c1-75(65-36-16-12-28-56(65)57-29-13-17-37-66(57)75)72-50(46-69(58-30-10-11-33-61(58)72)77(52-24-6-3-7-25-52)68-39-21-35-63-60-32-15-19-41-71(60)79-74(63)68)45-49-44-48-42-43-53(47-64(48)55-27-9-8-26-54(49)55)76(51-22-4-2-5-23-51)67-38-20-34-62-59-31-14-18-40-70(59)78-73(62)67/h2-44,46-47H,45H2,1H3. The van der Waals surface area contributed by atoms with E-state index in [0.717, 1.165) is 78.0 Å². The van der Waals surface area contributed by atoms with Crippen LogP contribution in [0.3, 0.4) is 0 Å². The summed E-state index contributed by atoms with van der Waals surface area (Å²) < 4.78 is 13.6. The van der Waals surface area contributed by atoms with E-state index in [1.54, 1.807) is 0 Å². The number of fused-ring (bicyclic) bond motifs is 13. The Morgan fingerprint density at radius 1 is 0.316 bits per heavy atom. The summed E-state index contributed by atoms with van der Waals surface area (Å²) in [5.74, 6) is 0. The molecule has 0 atom stereocenters. The summed E-state index contributed by atoms with van der Waals surface area (Å²) in [4.78, 5) is 4.78. The molecule has 2 aromatic heterocycles. The number of benzene rings is 13. The average Bonchev–Trinajstić information content (AvgIpc) is 4.14. The molecule has 0 saturated carbocycles. The molecule has 0 bridgehead atoms. The zero-order chi connectivity index (χ0) is 52.2. The Kier molecular flexibility index (Phi) is 10.1. The van der Waals surface area contributed by atoms with Crippen LogP contribution in [0.25, 0.3) is 87.3 Å². The van der Waals surface area contributed by atoms with Gasteiger partial charge in [-0.1, -0.05) is 206 Å². The monoisotopic (exact) mass is 1010 g/mol. The molecular weight excluding hydrogens is 961 g/mol. The van der Waals surface area contributed by atoms with Crippen molar-refractivity contribution in [3.05, 3.63) is 301 Å². The lowest BCUT2D eigenvalue weighted by Gasteiger charge is -2.35. The lowest BCUT2D eigenvalue weighted by Crippen LogP contribution is -2.25. The number of para-hydroxylation sites is 6. The topological polar surface area (TPSA) is 32.8 Å². The molecule has 372 valence electrons. The van der Waals surface area contributed by atoms with E-state index in [1.807, 2.05) is 6.07 Å². The van der Waals surface area contributed by atoms with Crippen LogP contribution in [-0.4, -0.2) is 0 Å². The second kappa shape index (κ2) is 17.7. The van der Waals surface area contributed by atoms with Gasteiger partial charge in [-0.3, -0.25) is 0 Å². The highest BCUT2D eigenvalue weighted by molar-refractivity contribution is 6.15. The molecule has 1 aliphatic rings. The summed E-state index contributed by atoms with van der Waals surface area (Å²) >= 11 is 0. The number of nitrogens with zero attached hydrogens (tertiary/aromatic N) is 2. The predicted molar refractivity (Wildman–Crippen MR) is 330 cm³/mol. The Labute approximate surface area is 457 Å². The summed E-state index contributed by atoms with van der Waals surface area (Å²) in [5, 5.41) is 11.6. The molecule has 0 spiro atoms. The minimum absolute atomic E-state index is 0.498. The van der Waals surface area contributed by atoms with E-state index < -0.39 is 5.41 Å². The minimum Gasteiger partial charge on any atom is -0.454 e. The number of hydrogen-bond donors (Lipinski definition) is 0. The van der Waals surface area contributed by atoms with Crippen LogP contribution in [0.5, 0.6) is 0 Å². The van der Waals surface area contributed by atoms with Crippen molar-refractivity contribution in [2.45, 2.75) is 18.8 Å². The number of hydrogen-bond acceptors (Lipinski definition) is 4. The summed E-state index contributed by atoms with van der Waals surface area (Å²) in [5.41, 5.74) is 18.2. The van der Waals surface area contributed by atoms with E-state index in [9.17, 15) is 0 Å². The van der Waals surface area contributed by atoms with Gasteiger partial charge in [-0.15, -0.1) is 0 Å². The lowest BCUT2D eigenvalue weighted by molar-refractivity contribution is 0.668. The van der Waals surface area contributed by atoms with Gasteiger partial charge in [0.1, 0.15) is 11.2 Å². The molecule has 16 rings (SSSR count). The molecule has 4 nitrogen and oxygen atoms in total. The molecule has 1 aliphatic carbocycles. The van der Waals surface area contributed by atoms with E-state index in [2.05, 4.69) is 284 Å². The largest absolute Gasteiger partial charge is 0.454 e. The zero-order valence-electron chi connectivity index (χ0n) is 43.4. The van der Waals surface area contributed by atoms with Gasteiger partial charge in [0.15, 0.2) is 11.2 Å². The first-order valence-corrected chi connectivity index (χ1v) is 27.3. The Morgan fingerprint density at radius 2 is 0.797 bits per heavy atom. The molecular formula is C75H50N2O2. The van der Waals surface area contributed by atoms with Crippen LogP contribution in [-0.2, 0) is 11.8 Å². The van der Waals surface area contributed by atoms with E-state index in [-0.39, 0.29) is 0 Å². The van der Waals surface area contributed by atoms with Crippen molar-refractivity contribution < 1.29 is 8.83 Å². The smallest absolute Gasteiger partial charge is 0.159 e. The first kappa shape index (κ1) is 45.1. The molecule has 2 heterocycles. The second-order valence-electron chi connectivity index (χ2n) is 21.2. The van der Waals surface area contributed by atoms with Crippen LogP contribution < -0.4 is 9.80 Å². The number of furan rings is 2. The van der Waals surface area contributed by atoms with Crippen molar-refractivity contribution in [1.29, 1.82) is 0 Å². The first-order chi connectivity index (χ1) is 39.1. The van der Waals surface area contributed by atoms with Crippen molar-refractivity contribution in [2.24, 2.45) is 0 Å². The van der Waals surface area contributed by atoms with Crippen molar-refractivity contribution in [1.82, 2.24) is 0 Å². The summed E-state index contributed by atoms with van der Waals surface area (Å²) in [6.45, 7) is 2.47. The average molecular weight is 1010 g/mol. The van der Waals surface area contributed by atoms with Gasteiger partial charge in [0.2, 0.25) is 0 Å². The predicted octanol–water partition coefficient (Wildman–Crippen LogP) is 20.8. The van der Waals surface area contributed by atoms with Gasteiger partial charge in [-0.2, -0.15) is 0 Å². The molecule has 0 amide bonds. The third-order valence-electron chi connectivity index (χ3n) is 16.9. The van der Waals surface area contributed by atoms with Crippen LogP contribution in [0.2, 0.25) is 0 Å². The molecule has 4 heteroatoms. The molecule has 0 radical (unpaired) electrons. The quantitative estimate of drug-likeness (QED) is 0.135. The highest BCUT2D eigenvalue weighted by Gasteiger charge is 2.43. The Balaban J connectivity index is 0.944. The van der Waals surface area contributed by atoms with E-state index in [0.29, 0.717) is 6.42 Å². The normalized spacial score (nSPS) is 12.8. The van der Waals surface area contributed by atoms with Gasteiger partial charge in [-0.25, -0.2) is 0 Å². The van der Waals surface area contributed by atoms with E-state index in [4.69, 9.17) is 8.83 Å². The first-order valence-electron chi connectivity index (χ1n) is 27.3. The van der Waals surface area contributed by atoms with Crippen LogP contribution in [0, 0.1) is 0 Å². The van der Waals surface area contributed by atoms with Crippen molar-refractivity contribution in [2.75, 3.05) is 9.80 Å². The van der Waals surface area contributed by atoms with Crippen LogP contribution in [0.1, 0.15) is 34.7 Å². The molecule has 0 aliphatic heterocycles. The third kappa shape index (κ3) is 6.87. The fraction of sp³-hybridized carbons (Fsp3) is 0.0400. The molecule has 0 saturated heterocycles. The third-order valence-corrected chi connectivity index (χ3v) is 16.9. The van der Waals surface area contributed by atoms with Gasteiger partial charge >= 0.3 is 0 Å². The van der Waals surface area contributed by atoms with Crippen LogP contribution >= 0.6 is 0 Å². The molecule has 0 fully saturated rings. The van der Waals surface area contributed by atoms with Gasteiger partial charge in [0.25, 0.3) is 0 Å². The van der Waals surface area contributed by atoms with Crippen molar-refractivity contribution in [3.63, 3.8) is 0 Å². The number of rotatable bonds is 9. The maximum Gasteiger partial charge on any atom is 0.159 e. The fourth-order valence-electron chi connectivity index (χ4n) is 13.5. The SMILES string of the molecule is CC1(c2c(Cc3cc4ccc(N(c5ccccc5)c5cccc6c5oc5ccccc56)cc4c4ccccc34)cc(N(c3ccccc3)c3cccc4c3oc3ccccc34)c3ccccc23)c2ccccc2-c2ccccc21. The maximum atomic E-state index is 6.89. The second-order valence-corrected chi connectivity index (χ2v) is 21.2. The van der Waals surface area contributed by atoms with E-state index >= 15 is 0 Å². The molecule has 0 N–H and O–H groups in total. The summed E-state index contributed by atoms with van der Waals surface area (Å²) in [6, 6.07) is 99.4. The molecule has 79 heavy (non-hydrogen) atoms. The number of anilines is 6. The summed E-state index contributed by atoms with van der Waals surface area (Å²) in [7, 11) is 0. The maximum absolute atomic E-state index is 6.89. The van der Waals surface area contributed by atoms with Gasteiger partial charge in [0.05, 0.1) is 17.1 Å². The molecule has 0 unspecified atom stereocenters. The van der Waals surface area contributed by atoms with Crippen molar-refractivity contribution in [3.8, 4) is 11.1 Å². The molecule has 15 aromatic rings. The summed E-state index contributed by atoms with van der Waals surface area (Å²) in [6.07, 6.45) is 0.674. The van der Waals surface area contributed by atoms with Gasteiger partial charge in [-0.05, 0) is 146 Å².